The van der Waals surface area contributed by atoms with Crippen LogP contribution in [0.3, 0.4) is 0 Å². The number of ether oxygens (including phenoxy) is 1. The van der Waals surface area contributed by atoms with Gasteiger partial charge in [-0.2, -0.15) is 0 Å². The van der Waals surface area contributed by atoms with E-state index in [1.54, 1.807) is 24.4 Å². The van der Waals surface area contributed by atoms with Crippen LogP contribution < -0.4 is 10.7 Å². The quantitative estimate of drug-likeness (QED) is 0.596. The molecular formula is C14H10FIN4O2. The lowest BCUT2D eigenvalue weighted by molar-refractivity contribution is -0.114. The van der Waals surface area contributed by atoms with Crippen LogP contribution in [0.25, 0.3) is 0 Å². The number of carbonyl (C=O) groups excluding carboxylic acids is 1. The molecule has 1 atom stereocenters. The molecule has 0 bridgehead atoms. The maximum absolute atomic E-state index is 14.0. The number of nitrogens with zero attached hydrogens (tertiary/aromatic N) is 2. The molecule has 1 aliphatic rings. The fourth-order valence-corrected chi connectivity index (χ4v) is 2.35. The molecular weight excluding hydrogens is 402 g/mol. The number of aldehydes is 1. The predicted octanol–water partition coefficient (Wildman–Crippen LogP) is 2.38. The van der Waals surface area contributed by atoms with E-state index in [0.29, 0.717) is 23.2 Å². The number of anilines is 2. The van der Waals surface area contributed by atoms with Gasteiger partial charge in [0.15, 0.2) is 6.29 Å². The molecule has 112 valence electrons. The van der Waals surface area contributed by atoms with E-state index in [0.717, 1.165) is 3.57 Å². The van der Waals surface area contributed by atoms with Crippen LogP contribution in [0.2, 0.25) is 0 Å². The molecule has 1 aromatic heterocycles. The summed E-state index contributed by atoms with van der Waals surface area (Å²) in [5, 5.41) is 6.91. The van der Waals surface area contributed by atoms with Crippen molar-refractivity contribution < 1.29 is 13.9 Å². The summed E-state index contributed by atoms with van der Waals surface area (Å²) in [5.74, 6) is -0.132. The van der Waals surface area contributed by atoms with E-state index < -0.39 is 6.23 Å². The topological polar surface area (TPSA) is 75.6 Å². The van der Waals surface area contributed by atoms with Crippen molar-refractivity contribution in [2.45, 2.75) is 6.23 Å². The maximum atomic E-state index is 14.0. The highest BCUT2D eigenvalue weighted by molar-refractivity contribution is 14.1. The minimum atomic E-state index is -0.814. The SMILES string of the molecule is O=CC1NN=C(c2ccncc2Nc2ccc(I)cc2F)O1. The van der Waals surface area contributed by atoms with Crippen LogP contribution in [0.5, 0.6) is 0 Å². The molecule has 0 radical (unpaired) electrons. The third kappa shape index (κ3) is 3.01. The highest BCUT2D eigenvalue weighted by Gasteiger charge is 2.22. The van der Waals surface area contributed by atoms with Gasteiger partial charge < -0.3 is 10.1 Å². The average Bonchev–Trinajstić information content (AvgIpc) is 2.99. The molecule has 2 N–H and O–H groups in total. The van der Waals surface area contributed by atoms with Crippen molar-refractivity contribution >= 4 is 46.1 Å². The number of hydrogen-bond donors (Lipinski definition) is 2. The predicted molar refractivity (Wildman–Crippen MR) is 87.2 cm³/mol. The first-order chi connectivity index (χ1) is 10.7. The van der Waals surface area contributed by atoms with E-state index in [2.05, 4.69) is 20.8 Å². The van der Waals surface area contributed by atoms with Gasteiger partial charge in [0.1, 0.15) is 5.82 Å². The Kier molecular flexibility index (Phi) is 4.18. The molecule has 1 unspecified atom stereocenters. The molecule has 3 rings (SSSR count). The summed E-state index contributed by atoms with van der Waals surface area (Å²) in [5.41, 5.74) is 3.95. The summed E-state index contributed by atoms with van der Waals surface area (Å²) in [7, 11) is 0. The highest BCUT2D eigenvalue weighted by atomic mass is 127. The van der Waals surface area contributed by atoms with Crippen molar-refractivity contribution in [3.63, 3.8) is 0 Å². The smallest absolute Gasteiger partial charge is 0.242 e. The van der Waals surface area contributed by atoms with E-state index in [1.807, 2.05) is 22.6 Å². The van der Waals surface area contributed by atoms with Gasteiger partial charge in [-0.15, -0.1) is 5.10 Å². The first-order valence-electron chi connectivity index (χ1n) is 6.29. The van der Waals surface area contributed by atoms with Crippen molar-refractivity contribution in [1.29, 1.82) is 0 Å². The lowest BCUT2D eigenvalue weighted by Gasteiger charge is -2.12. The van der Waals surface area contributed by atoms with Gasteiger partial charge in [0, 0.05) is 9.77 Å². The van der Waals surface area contributed by atoms with E-state index in [4.69, 9.17) is 4.74 Å². The standard InChI is InChI=1S/C14H10FIN4O2/c15-10-5-8(16)1-2-11(10)18-12-6-17-4-3-9(12)14-20-19-13(7-21)22-14/h1-7,13,18-19H. The zero-order chi connectivity index (χ0) is 15.5. The Hall–Kier alpha value is -2.23. The molecule has 1 aromatic carbocycles. The molecule has 0 spiro atoms. The lowest BCUT2D eigenvalue weighted by Crippen LogP contribution is -2.23. The third-order valence-corrected chi connectivity index (χ3v) is 3.58. The fourth-order valence-electron chi connectivity index (χ4n) is 1.89. The van der Waals surface area contributed by atoms with E-state index in [9.17, 15) is 9.18 Å². The minimum absolute atomic E-state index is 0.243. The lowest BCUT2D eigenvalue weighted by atomic mass is 10.2. The van der Waals surface area contributed by atoms with Crippen molar-refractivity contribution in [3.8, 4) is 0 Å². The van der Waals surface area contributed by atoms with Crippen molar-refractivity contribution in [1.82, 2.24) is 10.4 Å². The van der Waals surface area contributed by atoms with Gasteiger partial charge in [0.25, 0.3) is 0 Å². The first-order valence-corrected chi connectivity index (χ1v) is 7.37. The number of nitrogens with one attached hydrogen (secondary N) is 2. The first kappa shape index (κ1) is 14.7. The average molecular weight is 412 g/mol. The molecule has 6 nitrogen and oxygen atoms in total. The number of hydrazone groups is 1. The number of pyridine rings is 1. The van der Waals surface area contributed by atoms with Crippen LogP contribution in [-0.4, -0.2) is 23.4 Å². The summed E-state index contributed by atoms with van der Waals surface area (Å²) in [6, 6.07) is 6.51. The van der Waals surface area contributed by atoms with Crippen LogP contribution in [0.1, 0.15) is 5.56 Å². The molecule has 2 aromatic rings. The minimum Gasteiger partial charge on any atom is -0.443 e. The van der Waals surface area contributed by atoms with Crippen molar-refractivity contribution in [2.24, 2.45) is 5.10 Å². The summed E-state index contributed by atoms with van der Waals surface area (Å²) in [4.78, 5) is 14.7. The summed E-state index contributed by atoms with van der Waals surface area (Å²) in [6.07, 6.45) is 2.88. The van der Waals surface area contributed by atoms with Gasteiger partial charge in [0.2, 0.25) is 12.1 Å². The molecule has 22 heavy (non-hydrogen) atoms. The third-order valence-electron chi connectivity index (χ3n) is 2.91. The number of halogens is 2. The monoisotopic (exact) mass is 412 g/mol. The molecule has 8 heteroatoms. The van der Waals surface area contributed by atoms with Gasteiger partial charge in [-0.1, -0.05) is 0 Å². The summed E-state index contributed by atoms with van der Waals surface area (Å²) in [6.45, 7) is 0. The molecule has 2 heterocycles. The molecule has 0 saturated carbocycles. The van der Waals surface area contributed by atoms with Crippen LogP contribution in [0, 0.1) is 9.39 Å². The Labute approximate surface area is 138 Å². The molecule has 1 aliphatic heterocycles. The largest absolute Gasteiger partial charge is 0.443 e. The van der Waals surface area contributed by atoms with E-state index in [-0.39, 0.29) is 11.7 Å². The second-order valence-electron chi connectivity index (χ2n) is 4.39. The van der Waals surface area contributed by atoms with Gasteiger partial charge in [-0.25, -0.2) is 4.39 Å². The highest BCUT2D eigenvalue weighted by Crippen LogP contribution is 2.25. The summed E-state index contributed by atoms with van der Waals surface area (Å²) < 4.78 is 20.1. The van der Waals surface area contributed by atoms with Gasteiger partial charge in [-0.05, 0) is 46.9 Å². The number of hydrogen-bond acceptors (Lipinski definition) is 6. The second-order valence-corrected chi connectivity index (χ2v) is 5.64. The Balaban J connectivity index is 1.90. The Bertz CT molecular complexity index is 753. The van der Waals surface area contributed by atoms with Crippen LogP contribution in [0.15, 0.2) is 41.8 Å². The normalized spacial score (nSPS) is 16.5. The zero-order valence-corrected chi connectivity index (χ0v) is 13.2. The van der Waals surface area contributed by atoms with Gasteiger partial charge >= 0.3 is 0 Å². The molecule has 0 saturated heterocycles. The van der Waals surface area contributed by atoms with Crippen LogP contribution in [-0.2, 0) is 9.53 Å². The molecule has 0 fully saturated rings. The van der Waals surface area contributed by atoms with Crippen LogP contribution in [0.4, 0.5) is 15.8 Å². The van der Waals surface area contributed by atoms with Gasteiger partial charge in [0.05, 0.1) is 23.1 Å². The van der Waals surface area contributed by atoms with Gasteiger partial charge in [-0.3, -0.25) is 15.2 Å². The maximum Gasteiger partial charge on any atom is 0.242 e. The number of benzene rings is 1. The van der Waals surface area contributed by atoms with Crippen LogP contribution >= 0.6 is 22.6 Å². The fraction of sp³-hybridized carbons (Fsp3) is 0.0714. The molecule has 0 amide bonds. The Morgan fingerprint density at radius 2 is 2.23 bits per heavy atom. The number of aromatic nitrogens is 1. The summed E-state index contributed by atoms with van der Waals surface area (Å²) >= 11 is 2.04. The van der Waals surface area contributed by atoms with E-state index in [1.165, 1.54) is 12.3 Å². The Morgan fingerprint density at radius 3 is 2.95 bits per heavy atom. The van der Waals surface area contributed by atoms with Crippen molar-refractivity contribution in [2.75, 3.05) is 5.32 Å². The molecule has 0 aliphatic carbocycles. The number of rotatable bonds is 4. The zero-order valence-electron chi connectivity index (χ0n) is 11.1. The van der Waals surface area contributed by atoms with E-state index >= 15 is 0 Å². The number of carbonyl (C=O) groups is 1. The van der Waals surface area contributed by atoms with Crippen molar-refractivity contribution in [3.05, 3.63) is 51.6 Å². The second kappa shape index (κ2) is 6.26. The Morgan fingerprint density at radius 1 is 1.36 bits per heavy atom.